The minimum absolute atomic E-state index is 0.401. The molecule has 0 bridgehead atoms. The summed E-state index contributed by atoms with van der Waals surface area (Å²) < 4.78 is 0. The van der Waals surface area contributed by atoms with E-state index in [-0.39, 0.29) is 0 Å². The van der Waals surface area contributed by atoms with Crippen molar-refractivity contribution in [2.24, 2.45) is 0 Å². The van der Waals surface area contributed by atoms with Crippen LogP contribution >= 0.6 is 0 Å². The maximum atomic E-state index is 2.61. The summed E-state index contributed by atoms with van der Waals surface area (Å²) in [5, 5.41) is 0. The second-order valence-electron chi connectivity index (χ2n) is 6.99. The topological polar surface area (TPSA) is 6.48 Å². The van der Waals surface area contributed by atoms with Gasteiger partial charge in [-0.25, -0.2) is 0 Å². The first-order valence-corrected chi connectivity index (χ1v) is 8.82. The van der Waals surface area contributed by atoms with Crippen LogP contribution in [0.25, 0.3) is 0 Å². The molecular weight excluding hydrogens is 244 g/mol. The number of nitrogens with zero attached hydrogens (tertiary/aromatic N) is 2. The lowest BCUT2D eigenvalue weighted by molar-refractivity contribution is 0.101. The van der Waals surface area contributed by atoms with Gasteiger partial charge in [-0.2, -0.15) is 0 Å². The molecule has 0 heterocycles. The summed E-state index contributed by atoms with van der Waals surface area (Å²) in [6, 6.07) is 0. The zero-order valence-corrected chi connectivity index (χ0v) is 15.2. The molecule has 2 nitrogen and oxygen atoms in total. The Balaban J connectivity index is 4.25. The van der Waals surface area contributed by atoms with Crippen molar-refractivity contribution in [2.45, 2.75) is 84.1 Å². The first-order valence-electron chi connectivity index (χ1n) is 8.82. The Morgan fingerprint density at radius 2 is 1.25 bits per heavy atom. The third-order valence-corrected chi connectivity index (χ3v) is 4.69. The summed E-state index contributed by atoms with van der Waals surface area (Å²) in [5.74, 6) is 0. The van der Waals surface area contributed by atoms with Gasteiger partial charge in [-0.05, 0) is 40.9 Å². The van der Waals surface area contributed by atoms with Gasteiger partial charge in [0.1, 0.15) is 0 Å². The summed E-state index contributed by atoms with van der Waals surface area (Å²) in [6.07, 6.45) is 12.4. The Bertz CT molecular complexity index is 215. The van der Waals surface area contributed by atoms with E-state index in [2.05, 4.69) is 51.7 Å². The number of hydrogen-bond donors (Lipinski definition) is 0. The molecule has 0 aromatic heterocycles. The maximum absolute atomic E-state index is 2.61. The second kappa shape index (κ2) is 11.6. The first-order chi connectivity index (χ1) is 9.46. The lowest BCUT2D eigenvalue weighted by Gasteiger charge is -2.40. The SMILES string of the molecule is CCCCCCCC(C)(CCCC)N(C)CCN(C)C. The van der Waals surface area contributed by atoms with Crippen LogP contribution in [0.1, 0.15) is 78.6 Å². The molecule has 1 unspecified atom stereocenters. The van der Waals surface area contributed by atoms with Crippen molar-refractivity contribution in [3.63, 3.8) is 0 Å². The predicted octanol–water partition coefficient (Wildman–Crippen LogP) is 4.79. The van der Waals surface area contributed by atoms with Gasteiger partial charge in [0.2, 0.25) is 0 Å². The fraction of sp³-hybridized carbons (Fsp3) is 1.00. The predicted molar refractivity (Wildman–Crippen MR) is 92.5 cm³/mol. The fourth-order valence-electron chi connectivity index (χ4n) is 2.79. The van der Waals surface area contributed by atoms with Crippen LogP contribution in [0.15, 0.2) is 0 Å². The average molecular weight is 285 g/mol. The van der Waals surface area contributed by atoms with Gasteiger partial charge in [-0.15, -0.1) is 0 Å². The Labute approximate surface area is 128 Å². The van der Waals surface area contributed by atoms with Gasteiger partial charge in [0.05, 0.1) is 0 Å². The molecule has 0 fully saturated rings. The molecule has 0 radical (unpaired) electrons. The molecule has 0 aromatic carbocycles. The van der Waals surface area contributed by atoms with Gasteiger partial charge in [-0.3, -0.25) is 4.90 Å². The number of likely N-dealkylation sites (N-methyl/N-ethyl adjacent to an activating group) is 2. The molecule has 2 heteroatoms. The highest BCUT2D eigenvalue weighted by molar-refractivity contribution is 4.84. The van der Waals surface area contributed by atoms with E-state index >= 15 is 0 Å². The van der Waals surface area contributed by atoms with E-state index in [4.69, 9.17) is 0 Å². The van der Waals surface area contributed by atoms with Crippen LogP contribution in [0.2, 0.25) is 0 Å². The zero-order chi connectivity index (χ0) is 15.4. The number of unbranched alkanes of at least 4 members (excludes halogenated alkanes) is 5. The molecule has 0 amide bonds. The molecule has 0 spiro atoms. The summed E-state index contributed by atoms with van der Waals surface area (Å²) in [4.78, 5) is 4.90. The standard InChI is InChI=1S/C18H40N2/c1-7-9-11-12-13-15-18(3,14-10-8-2)20(6)17-16-19(4)5/h7-17H2,1-6H3. The third kappa shape index (κ3) is 8.97. The lowest BCUT2D eigenvalue weighted by Crippen LogP contribution is -2.46. The van der Waals surface area contributed by atoms with Crippen molar-refractivity contribution in [3.8, 4) is 0 Å². The molecule has 0 N–H and O–H groups in total. The van der Waals surface area contributed by atoms with Crippen LogP contribution in [0, 0.1) is 0 Å². The van der Waals surface area contributed by atoms with E-state index in [0.717, 1.165) is 6.54 Å². The molecule has 122 valence electrons. The van der Waals surface area contributed by atoms with E-state index in [1.165, 1.54) is 64.3 Å². The van der Waals surface area contributed by atoms with Crippen LogP contribution in [-0.2, 0) is 0 Å². The largest absolute Gasteiger partial charge is 0.308 e. The summed E-state index contributed by atoms with van der Waals surface area (Å²) in [5.41, 5.74) is 0.401. The average Bonchev–Trinajstić information content (AvgIpc) is 2.42. The van der Waals surface area contributed by atoms with Crippen molar-refractivity contribution in [1.82, 2.24) is 9.80 Å². The smallest absolute Gasteiger partial charge is 0.0178 e. The molecule has 1 atom stereocenters. The molecule has 0 aromatic rings. The maximum Gasteiger partial charge on any atom is 0.0178 e. The minimum Gasteiger partial charge on any atom is -0.308 e. The van der Waals surface area contributed by atoms with E-state index in [0.29, 0.717) is 5.54 Å². The van der Waals surface area contributed by atoms with E-state index in [1.54, 1.807) is 0 Å². The van der Waals surface area contributed by atoms with Gasteiger partial charge in [-0.1, -0.05) is 58.8 Å². The van der Waals surface area contributed by atoms with Crippen molar-refractivity contribution < 1.29 is 0 Å². The molecule has 0 rings (SSSR count). The highest BCUT2D eigenvalue weighted by Gasteiger charge is 2.27. The Morgan fingerprint density at radius 3 is 1.80 bits per heavy atom. The zero-order valence-electron chi connectivity index (χ0n) is 15.2. The Hall–Kier alpha value is -0.0800. The van der Waals surface area contributed by atoms with Crippen LogP contribution in [0.3, 0.4) is 0 Å². The monoisotopic (exact) mass is 284 g/mol. The van der Waals surface area contributed by atoms with Gasteiger partial charge >= 0.3 is 0 Å². The summed E-state index contributed by atoms with van der Waals surface area (Å²) in [7, 11) is 6.66. The van der Waals surface area contributed by atoms with Crippen molar-refractivity contribution >= 4 is 0 Å². The number of rotatable bonds is 13. The lowest BCUT2D eigenvalue weighted by atomic mass is 9.87. The van der Waals surface area contributed by atoms with Crippen LogP contribution in [0.5, 0.6) is 0 Å². The summed E-state index contributed by atoms with van der Waals surface area (Å²) >= 11 is 0. The molecule has 0 saturated carbocycles. The van der Waals surface area contributed by atoms with Gasteiger partial charge in [0.25, 0.3) is 0 Å². The van der Waals surface area contributed by atoms with Gasteiger partial charge in [0.15, 0.2) is 0 Å². The van der Waals surface area contributed by atoms with E-state index < -0.39 is 0 Å². The third-order valence-electron chi connectivity index (χ3n) is 4.69. The van der Waals surface area contributed by atoms with Crippen LogP contribution in [0.4, 0.5) is 0 Å². The van der Waals surface area contributed by atoms with Crippen molar-refractivity contribution in [2.75, 3.05) is 34.2 Å². The highest BCUT2D eigenvalue weighted by atomic mass is 15.2. The normalized spacial score (nSPS) is 15.0. The van der Waals surface area contributed by atoms with Crippen molar-refractivity contribution in [3.05, 3.63) is 0 Å². The molecule has 0 aliphatic carbocycles. The molecule has 0 saturated heterocycles. The van der Waals surface area contributed by atoms with E-state index in [9.17, 15) is 0 Å². The number of hydrogen-bond acceptors (Lipinski definition) is 2. The minimum atomic E-state index is 0.401. The first kappa shape index (κ1) is 19.9. The van der Waals surface area contributed by atoms with Crippen molar-refractivity contribution in [1.29, 1.82) is 0 Å². The molecule has 0 aliphatic rings. The Kier molecular flexibility index (Phi) is 11.5. The molecule has 0 aliphatic heterocycles. The van der Waals surface area contributed by atoms with E-state index in [1.807, 2.05) is 0 Å². The molecule has 20 heavy (non-hydrogen) atoms. The van der Waals surface area contributed by atoms with Crippen LogP contribution in [-0.4, -0.2) is 49.6 Å². The molecular formula is C18H40N2. The second-order valence-corrected chi connectivity index (χ2v) is 6.99. The highest BCUT2D eigenvalue weighted by Crippen LogP contribution is 2.27. The summed E-state index contributed by atoms with van der Waals surface area (Å²) in [6.45, 7) is 9.43. The van der Waals surface area contributed by atoms with Gasteiger partial charge < -0.3 is 4.90 Å². The van der Waals surface area contributed by atoms with Crippen LogP contribution < -0.4 is 0 Å². The Morgan fingerprint density at radius 1 is 0.700 bits per heavy atom. The van der Waals surface area contributed by atoms with Gasteiger partial charge in [0, 0.05) is 18.6 Å². The fourth-order valence-corrected chi connectivity index (χ4v) is 2.79. The quantitative estimate of drug-likeness (QED) is 0.449.